The average Bonchev–Trinajstić information content (AvgIpc) is 3.52. The number of rotatable bonds is 7. The third-order valence-electron chi connectivity index (χ3n) is 5.92. The number of hydrogen-bond acceptors (Lipinski definition) is 6. The molecule has 5 rings (SSSR count). The zero-order valence-corrected chi connectivity index (χ0v) is 19.4. The van der Waals surface area contributed by atoms with Crippen molar-refractivity contribution in [2.45, 2.75) is 32.2 Å². The number of benzene rings is 2. The molecule has 4 aromatic rings. The highest BCUT2D eigenvalue weighted by Crippen LogP contribution is 2.40. The fraction of sp³-hybridized carbons (Fsp3) is 0.222. The third kappa shape index (κ3) is 4.45. The number of aryl methyl sites for hydroxylation is 1. The molecule has 1 amide bonds. The number of thiophene rings is 1. The molecule has 0 spiro atoms. The van der Waals surface area contributed by atoms with Crippen molar-refractivity contribution in [2.24, 2.45) is 4.99 Å². The number of carbonyl (C=O) groups is 1. The normalized spacial score (nSPS) is 13.0. The molecule has 2 aromatic heterocycles. The summed E-state index contributed by atoms with van der Waals surface area (Å²) in [6.45, 7) is 0.280. The van der Waals surface area contributed by atoms with E-state index in [2.05, 4.69) is 5.32 Å². The molecule has 0 fully saturated rings. The highest BCUT2D eigenvalue weighted by molar-refractivity contribution is 7.16. The Balaban J connectivity index is 1.53. The van der Waals surface area contributed by atoms with Crippen LogP contribution in [0.1, 0.15) is 45.0 Å². The van der Waals surface area contributed by atoms with Gasteiger partial charge in [-0.15, -0.1) is 11.3 Å². The molecular formula is C27H23N3O3S. The molecule has 2 heterocycles. The van der Waals surface area contributed by atoms with Gasteiger partial charge in [0.1, 0.15) is 22.6 Å². The summed E-state index contributed by atoms with van der Waals surface area (Å²) in [6.07, 6.45) is 7.41. The summed E-state index contributed by atoms with van der Waals surface area (Å²) >= 11 is 1.59. The molecule has 1 aliphatic carbocycles. The quantitative estimate of drug-likeness (QED) is 0.339. The largest absolute Gasteiger partial charge is 0.478 e. The summed E-state index contributed by atoms with van der Waals surface area (Å²) in [7, 11) is 0. The van der Waals surface area contributed by atoms with Gasteiger partial charge < -0.3 is 14.5 Å². The first kappa shape index (κ1) is 21.9. The molecule has 0 saturated carbocycles. The number of ether oxygens (including phenoxy) is 1. The van der Waals surface area contributed by atoms with Crippen LogP contribution in [0.4, 0.5) is 5.00 Å². The van der Waals surface area contributed by atoms with Crippen LogP contribution in [0.3, 0.4) is 0 Å². The van der Waals surface area contributed by atoms with E-state index in [1.807, 2.05) is 48.5 Å². The van der Waals surface area contributed by atoms with E-state index >= 15 is 0 Å². The SMILES string of the molecule is N#CCOc1ccc2ccccc2c1C=Nc1sc2c(c1C(=O)NCc1ccco1)CCCC2. The number of fused-ring (bicyclic) bond motifs is 2. The number of hydrogen-bond donors (Lipinski definition) is 1. The maximum absolute atomic E-state index is 13.2. The van der Waals surface area contributed by atoms with Gasteiger partial charge in [0.05, 0.1) is 18.4 Å². The summed E-state index contributed by atoms with van der Waals surface area (Å²) in [5, 5.41) is 14.7. The van der Waals surface area contributed by atoms with E-state index in [4.69, 9.17) is 19.4 Å². The van der Waals surface area contributed by atoms with Crippen molar-refractivity contribution in [3.8, 4) is 11.8 Å². The Morgan fingerprint density at radius 2 is 2.06 bits per heavy atom. The Kier molecular flexibility index (Phi) is 6.41. The molecular weight excluding hydrogens is 446 g/mol. The van der Waals surface area contributed by atoms with Crippen LogP contribution in [0.15, 0.2) is 64.2 Å². The van der Waals surface area contributed by atoms with Crippen LogP contribution in [0, 0.1) is 11.3 Å². The maximum atomic E-state index is 13.2. The number of nitrogens with one attached hydrogen (secondary N) is 1. The van der Waals surface area contributed by atoms with Gasteiger partial charge in [0.2, 0.25) is 0 Å². The molecule has 0 unspecified atom stereocenters. The Morgan fingerprint density at radius 3 is 2.91 bits per heavy atom. The van der Waals surface area contributed by atoms with E-state index < -0.39 is 0 Å². The molecule has 34 heavy (non-hydrogen) atoms. The highest BCUT2D eigenvalue weighted by atomic mass is 32.1. The Morgan fingerprint density at radius 1 is 1.18 bits per heavy atom. The van der Waals surface area contributed by atoms with Gasteiger partial charge in [-0.25, -0.2) is 4.99 Å². The Hall–Kier alpha value is -3.89. The molecule has 0 saturated heterocycles. The van der Waals surface area contributed by atoms with Crippen LogP contribution in [-0.2, 0) is 19.4 Å². The topological polar surface area (TPSA) is 87.6 Å². The minimum atomic E-state index is -0.137. The predicted molar refractivity (Wildman–Crippen MR) is 133 cm³/mol. The first-order valence-corrected chi connectivity index (χ1v) is 12.1. The predicted octanol–water partition coefficient (Wildman–Crippen LogP) is 5.96. The summed E-state index contributed by atoms with van der Waals surface area (Å²) in [4.78, 5) is 19.3. The minimum absolute atomic E-state index is 0.0487. The molecule has 2 aromatic carbocycles. The third-order valence-corrected chi connectivity index (χ3v) is 7.12. The smallest absolute Gasteiger partial charge is 0.255 e. The van der Waals surface area contributed by atoms with Crippen LogP contribution >= 0.6 is 11.3 Å². The zero-order valence-electron chi connectivity index (χ0n) is 18.5. The lowest BCUT2D eigenvalue weighted by Crippen LogP contribution is -2.23. The van der Waals surface area contributed by atoms with E-state index in [1.54, 1.807) is 29.9 Å². The molecule has 1 aliphatic rings. The molecule has 0 atom stereocenters. The lowest BCUT2D eigenvalue weighted by molar-refractivity contribution is 0.0948. The van der Waals surface area contributed by atoms with Crippen molar-refractivity contribution in [1.82, 2.24) is 5.32 Å². The number of amides is 1. The first-order valence-electron chi connectivity index (χ1n) is 11.3. The van der Waals surface area contributed by atoms with Crippen LogP contribution in [0.2, 0.25) is 0 Å². The number of aliphatic imine (C=N–C) groups is 1. The highest BCUT2D eigenvalue weighted by Gasteiger charge is 2.25. The van der Waals surface area contributed by atoms with E-state index in [9.17, 15) is 4.79 Å². The standard InChI is InChI=1S/C27H23N3O3S/c28-13-15-33-23-12-11-18-6-1-2-8-20(18)22(23)17-30-27-25(21-9-3-4-10-24(21)34-27)26(31)29-16-19-7-5-14-32-19/h1-2,5-8,11-12,14,17H,3-4,9-10,15-16H2,(H,29,31). The molecule has 0 aliphatic heterocycles. The summed E-state index contributed by atoms with van der Waals surface area (Å²) in [6, 6.07) is 17.5. The van der Waals surface area contributed by atoms with Crippen molar-refractivity contribution in [1.29, 1.82) is 5.26 Å². The Labute approximate surface area is 201 Å². The van der Waals surface area contributed by atoms with Gasteiger partial charge in [-0.2, -0.15) is 5.26 Å². The maximum Gasteiger partial charge on any atom is 0.255 e. The molecule has 1 N–H and O–H groups in total. The number of nitriles is 1. The van der Waals surface area contributed by atoms with Gasteiger partial charge in [0.25, 0.3) is 5.91 Å². The molecule has 170 valence electrons. The van der Waals surface area contributed by atoms with Gasteiger partial charge in [0.15, 0.2) is 6.61 Å². The zero-order chi connectivity index (χ0) is 23.3. The van der Waals surface area contributed by atoms with Gasteiger partial charge in [-0.05, 0) is 60.2 Å². The van der Waals surface area contributed by atoms with Crippen molar-refractivity contribution < 1.29 is 13.9 Å². The van der Waals surface area contributed by atoms with Gasteiger partial charge in [-0.3, -0.25) is 4.79 Å². The second-order valence-electron chi connectivity index (χ2n) is 8.06. The van der Waals surface area contributed by atoms with Gasteiger partial charge >= 0.3 is 0 Å². The second kappa shape index (κ2) is 9.94. The van der Waals surface area contributed by atoms with Gasteiger partial charge in [0, 0.05) is 16.7 Å². The fourth-order valence-electron chi connectivity index (χ4n) is 4.31. The van der Waals surface area contributed by atoms with E-state index in [0.29, 0.717) is 28.6 Å². The van der Waals surface area contributed by atoms with Crippen LogP contribution in [0.5, 0.6) is 5.75 Å². The van der Waals surface area contributed by atoms with Crippen LogP contribution < -0.4 is 10.1 Å². The van der Waals surface area contributed by atoms with E-state index in [-0.39, 0.29) is 12.5 Å². The lowest BCUT2D eigenvalue weighted by atomic mass is 9.95. The van der Waals surface area contributed by atoms with Crippen molar-refractivity contribution >= 4 is 39.2 Å². The average molecular weight is 470 g/mol. The fourth-order valence-corrected chi connectivity index (χ4v) is 5.54. The van der Waals surface area contributed by atoms with Crippen LogP contribution in [-0.4, -0.2) is 18.7 Å². The van der Waals surface area contributed by atoms with E-state index in [1.165, 1.54) is 4.88 Å². The van der Waals surface area contributed by atoms with Crippen molar-refractivity contribution in [3.63, 3.8) is 0 Å². The van der Waals surface area contributed by atoms with Crippen molar-refractivity contribution in [2.75, 3.05) is 6.61 Å². The summed E-state index contributed by atoms with van der Waals surface area (Å²) < 4.78 is 11.0. The molecule has 6 nitrogen and oxygen atoms in total. The van der Waals surface area contributed by atoms with Crippen LogP contribution in [0.25, 0.3) is 10.8 Å². The van der Waals surface area contributed by atoms with E-state index in [0.717, 1.165) is 47.6 Å². The first-order chi connectivity index (χ1) is 16.7. The summed E-state index contributed by atoms with van der Waals surface area (Å²) in [5.74, 6) is 1.16. The number of nitrogens with zero attached hydrogens (tertiary/aromatic N) is 2. The summed E-state index contributed by atoms with van der Waals surface area (Å²) in [5.41, 5.74) is 2.56. The minimum Gasteiger partial charge on any atom is -0.478 e. The Bertz CT molecular complexity index is 1400. The van der Waals surface area contributed by atoms with Gasteiger partial charge in [-0.1, -0.05) is 30.3 Å². The lowest BCUT2D eigenvalue weighted by Gasteiger charge is -2.12. The molecule has 0 radical (unpaired) electrons. The number of furan rings is 1. The molecule has 0 bridgehead atoms. The monoisotopic (exact) mass is 469 g/mol. The second-order valence-corrected chi connectivity index (χ2v) is 9.14. The van der Waals surface area contributed by atoms with Crippen molar-refractivity contribution in [3.05, 3.63) is 82.1 Å². The number of carbonyl (C=O) groups excluding carboxylic acids is 1. The molecule has 7 heteroatoms.